The first-order chi connectivity index (χ1) is 16.6. The molecular weight excluding hydrogens is 448 g/mol. The summed E-state index contributed by atoms with van der Waals surface area (Å²) >= 11 is 1.36. The lowest BCUT2D eigenvalue weighted by Gasteiger charge is -2.19. The second kappa shape index (κ2) is 9.64. The molecule has 172 valence electrons. The van der Waals surface area contributed by atoms with E-state index < -0.39 is 0 Å². The largest absolute Gasteiger partial charge is 0.467 e. The molecule has 34 heavy (non-hydrogen) atoms. The zero-order valence-electron chi connectivity index (χ0n) is 19.0. The van der Waals surface area contributed by atoms with Gasteiger partial charge in [-0.2, -0.15) is 5.10 Å². The molecule has 1 aliphatic heterocycles. The Kier molecular flexibility index (Phi) is 6.27. The van der Waals surface area contributed by atoms with Crippen LogP contribution in [-0.4, -0.2) is 42.1 Å². The van der Waals surface area contributed by atoms with Gasteiger partial charge in [-0.15, -0.1) is 10.2 Å². The smallest absolute Gasteiger partial charge is 0.253 e. The monoisotopic (exact) mass is 472 g/mol. The van der Waals surface area contributed by atoms with Gasteiger partial charge in [0.1, 0.15) is 11.8 Å². The SMILES string of the molecule is CCn1c(SCC(=O)N2N=C(c3ccc(C)cc3)C[C@@H]2c2ccco2)nnc1-c1ccncc1. The fourth-order valence-electron chi connectivity index (χ4n) is 3.95. The lowest BCUT2D eigenvalue weighted by Crippen LogP contribution is -2.28. The molecule has 0 radical (unpaired) electrons. The van der Waals surface area contributed by atoms with E-state index in [1.165, 1.54) is 17.3 Å². The number of thioether (sulfide) groups is 1. The van der Waals surface area contributed by atoms with Gasteiger partial charge < -0.3 is 8.98 Å². The lowest BCUT2D eigenvalue weighted by atomic mass is 10.0. The molecular formula is C25H24N6O2S. The first-order valence-electron chi connectivity index (χ1n) is 11.1. The van der Waals surface area contributed by atoms with Crippen LogP contribution in [0.15, 0.2) is 81.9 Å². The molecule has 0 unspecified atom stereocenters. The normalized spacial score (nSPS) is 15.5. The summed E-state index contributed by atoms with van der Waals surface area (Å²) in [4.78, 5) is 17.4. The summed E-state index contributed by atoms with van der Waals surface area (Å²) in [6, 6.07) is 15.4. The van der Waals surface area contributed by atoms with Crippen molar-refractivity contribution in [3.63, 3.8) is 0 Å². The van der Waals surface area contributed by atoms with Gasteiger partial charge in [-0.25, -0.2) is 5.01 Å². The summed E-state index contributed by atoms with van der Waals surface area (Å²) in [7, 11) is 0. The Bertz CT molecular complexity index is 1300. The Morgan fingerprint density at radius 3 is 2.59 bits per heavy atom. The maximum atomic E-state index is 13.3. The van der Waals surface area contributed by atoms with Crippen molar-refractivity contribution in [2.24, 2.45) is 5.10 Å². The Balaban J connectivity index is 1.36. The van der Waals surface area contributed by atoms with E-state index in [9.17, 15) is 4.79 Å². The van der Waals surface area contributed by atoms with Gasteiger partial charge in [0, 0.05) is 30.9 Å². The van der Waals surface area contributed by atoms with Crippen LogP contribution in [0.25, 0.3) is 11.4 Å². The molecule has 9 heteroatoms. The number of aryl methyl sites for hydroxylation is 1. The third-order valence-corrected chi connectivity index (χ3v) is 6.67. The number of aromatic nitrogens is 4. The number of carbonyl (C=O) groups excluding carboxylic acids is 1. The van der Waals surface area contributed by atoms with E-state index in [1.807, 2.05) is 54.8 Å². The van der Waals surface area contributed by atoms with Crippen molar-refractivity contribution in [3.8, 4) is 11.4 Å². The van der Waals surface area contributed by atoms with Crippen LogP contribution in [0.5, 0.6) is 0 Å². The molecule has 0 fully saturated rings. The number of nitrogens with zero attached hydrogens (tertiary/aromatic N) is 6. The fraction of sp³-hybridized carbons (Fsp3) is 0.240. The molecule has 0 spiro atoms. The van der Waals surface area contributed by atoms with Crippen molar-refractivity contribution in [1.82, 2.24) is 24.8 Å². The van der Waals surface area contributed by atoms with E-state index in [0.717, 1.165) is 28.4 Å². The first kappa shape index (κ1) is 22.1. The van der Waals surface area contributed by atoms with Gasteiger partial charge in [0.2, 0.25) is 0 Å². The van der Waals surface area contributed by atoms with Crippen molar-refractivity contribution in [2.75, 3.05) is 5.75 Å². The molecule has 1 aromatic carbocycles. The zero-order chi connectivity index (χ0) is 23.5. The predicted octanol–water partition coefficient (Wildman–Crippen LogP) is 4.73. The van der Waals surface area contributed by atoms with Crippen molar-refractivity contribution in [3.05, 3.63) is 84.1 Å². The molecule has 0 saturated heterocycles. The second-order valence-corrected chi connectivity index (χ2v) is 8.90. The summed E-state index contributed by atoms with van der Waals surface area (Å²) in [6.07, 6.45) is 5.68. The molecule has 8 nitrogen and oxygen atoms in total. The van der Waals surface area contributed by atoms with Crippen LogP contribution in [0.2, 0.25) is 0 Å². The maximum Gasteiger partial charge on any atom is 0.253 e. The Morgan fingerprint density at radius 1 is 1.09 bits per heavy atom. The quantitative estimate of drug-likeness (QED) is 0.361. The van der Waals surface area contributed by atoms with Crippen molar-refractivity contribution in [1.29, 1.82) is 0 Å². The molecule has 4 heterocycles. The van der Waals surface area contributed by atoms with E-state index in [2.05, 4.69) is 27.3 Å². The van der Waals surface area contributed by atoms with Crippen molar-refractivity contribution < 1.29 is 9.21 Å². The summed E-state index contributed by atoms with van der Waals surface area (Å²) in [5.74, 6) is 1.57. The minimum atomic E-state index is -0.268. The number of hydrogen-bond donors (Lipinski definition) is 0. The van der Waals surface area contributed by atoms with Crippen LogP contribution in [0, 0.1) is 6.92 Å². The Labute approximate surface area is 201 Å². The summed E-state index contributed by atoms with van der Waals surface area (Å²) in [5, 5.41) is 15.6. The van der Waals surface area contributed by atoms with E-state index in [-0.39, 0.29) is 17.7 Å². The van der Waals surface area contributed by atoms with Crippen molar-refractivity contribution >= 4 is 23.4 Å². The molecule has 3 aromatic heterocycles. The lowest BCUT2D eigenvalue weighted by molar-refractivity contribution is -0.130. The summed E-state index contributed by atoms with van der Waals surface area (Å²) in [5.41, 5.74) is 4.00. The van der Waals surface area contributed by atoms with Crippen LogP contribution in [-0.2, 0) is 11.3 Å². The number of amides is 1. The molecule has 0 saturated carbocycles. The zero-order valence-corrected chi connectivity index (χ0v) is 19.8. The van der Waals surface area contributed by atoms with Crippen LogP contribution >= 0.6 is 11.8 Å². The third kappa shape index (κ3) is 4.38. The van der Waals surface area contributed by atoms with E-state index in [4.69, 9.17) is 9.52 Å². The minimum absolute atomic E-state index is 0.107. The van der Waals surface area contributed by atoms with Gasteiger partial charge in [-0.1, -0.05) is 41.6 Å². The second-order valence-electron chi connectivity index (χ2n) is 7.96. The number of hydrogen-bond acceptors (Lipinski definition) is 7. The number of furan rings is 1. The van der Waals surface area contributed by atoms with Gasteiger partial charge in [0.25, 0.3) is 5.91 Å². The molecule has 5 rings (SSSR count). The Hall–Kier alpha value is -3.72. The molecule has 1 atom stereocenters. The minimum Gasteiger partial charge on any atom is -0.467 e. The molecule has 4 aromatic rings. The van der Waals surface area contributed by atoms with Gasteiger partial charge in [0.15, 0.2) is 11.0 Å². The summed E-state index contributed by atoms with van der Waals surface area (Å²) in [6.45, 7) is 4.77. The van der Waals surface area contributed by atoms with E-state index >= 15 is 0 Å². The Morgan fingerprint density at radius 2 is 1.88 bits per heavy atom. The van der Waals surface area contributed by atoms with Crippen LogP contribution in [0.1, 0.15) is 36.3 Å². The number of rotatable bonds is 7. The highest BCUT2D eigenvalue weighted by Crippen LogP contribution is 2.34. The molecule has 0 aliphatic carbocycles. The van der Waals surface area contributed by atoms with Gasteiger partial charge >= 0.3 is 0 Å². The molecule has 1 amide bonds. The molecule has 0 N–H and O–H groups in total. The van der Waals surface area contributed by atoms with Gasteiger partial charge in [-0.05, 0) is 43.7 Å². The average Bonchev–Trinajstić information content (AvgIpc) is 3.63. The number of benzene rings is 1. The van der Waals surface area contributed by atoms with Crippen LogP contribution < -0.4 is 0 Å². The van der Waals surface area contributed by atoms with Gasteiger partial charge in [0.05, 0.1) is 17.7 Å². The first-order valence-corrected chi connectivity index (χ1v) is 12.1. The highest BCUT2D eigenvalue weighted by Gasteiger charge is 2.35. The number of carbonyl (C=O) groups is 1. The van der Waals surface area contributed by atoms with Crippen molar-refractivity contribution in [2.45, 2.75) is 38.0 Å². The standard InChI is InChI=1S/C25H24N6O2S/c1-3-30-24(19-10-12-26-13-11-19)27-28-25(30)34-16-23(32)31-21(22-5-4-14-33-22)15-20(29-31)18-8-6-17(2)7-9-18/h4-14,21H,3,15-16H2,1-2H3/t21-/m1/s1. The number of pyridine rings is 1. The highest BCUT2D eigenvalue weighted by atomic mass is 32.2. The third-order valence-electron chi connectivity index (χ3n) is 5.72. The highest BCUT2D eigenvalue weighted by molar-refractivity contribution is 7.99. The number of hydrazone groups is 1. The van der Waals surface area contributed by atoms with Gasteiger partial charge in [-0.3, -0.25) is 9.78 Å². The topological polar surface area (TPSA) is 89.4 Å². The van der Waals surface area contributed by atoms with Crippen LogP contribution in [0.3, 0.4) is 0 Å². The fourth-order valence-corrected chi connectivity index (χ4v) is 4.81. The molecule has 1 aliphatic rings. The van der Waals surface area contributed by atoms with E-state index in [1.54, 1.807) is 23.7 Å². The maximum absolute atomic E-state index is 13.3. The molecule has 0 bridgehead atoms. The average molecular weight is 473 g/mol. The van der Waals surface area contributed by atoms with Crippen LogP contribution in [0.4, 0.5) is 0 Å². The summed E-state index contributed by atoms with van der Waals surface area (Å²) < 4.78 is 7.65. The van der Waals surface area contributed by atoms with E-state index in [0.29, 0.717) is 18.1 Å². The predicted molar refractivity (Wildman–Crippen MR) is 130 cm³/mol.